The fourth-order valence-electron chi connectivity index (χ4n) is 5.97. The summed E-state index contributed by atoms with van der Waals surface area (Å²) in [6, 6.07) is 20.3. The first-order valence-electron chi connectivity index (χ1n) is 13.5. The number of nitrogens with zero attached hydrogens (tertiary/aromatic N) is 1. The Bertz CT molecular complexity index is 1660. The van der Waals surface area contributed by atoms with Gasteiger partial charge in [0.15, 0.2) is 5.41 Å². The van der Waals surface area contributed by atoms with Gasteiger partial charge in [-0.05, 0) is 58.8 Å². The van der Waals surface area contributed by atoms with E-state index in [0.717, 1.165) is 0 Å². The number of fused-ring (bicyclic) bond motifs is 6. The highest BCUT2D eigenvalue weighted by atomic mass is 19.1. The minimum absolute atomic E-state index is 0.0787. The topological polar surface area (TPSA) is 130 Å². The van der Waals surface area contributed by atoms with Gasteiger partial charge in [0.1, 0.15) is 5.82 Å². The maximum absolute atomic E-state index is 14.6. The minimum Gasteiger partial charge on any atom is -0.547 e. The van der Waals surface area contributed by atoms with E-state index in [9.17, 15) is 34.1 Å². The summed E-state index contributed by atoms with van der Waals surface area (Å²) >= 11 is 0. The number of hydrogen-bond donors (Lipinski definition) is 3. The highest BCUT2D eigenvalue weighted by Crippen LogP contribution is 2.53. The van der Waals surface area contributed by atoms with Crippen molar-refractivity contribution >= 4 is 50.7 Å². The molecule has 3 unspecified atom stereocenters. The third-order valence-electron chi connectivity index (χ3n) is 7.92. The third-order valence-corrected chi connectivity index (χ3v) is 7.92. The van der Waals surface area contributed by atoms with Crippen molar-refractivity contribution in [1.29, 1.82) is 0 Å². The number of carbonyl (C=O) groups is 3. The van der Waals surface area contributed by atoms with Crippen molar-refractivity contribution in [2.75, 3.05) is 16.8 Å². The van der Waals surface area contributed by atoms with Crippen LogP contribution in [0.15, 0.2) is 72.8 Å². The largest absolute Gasteiger partial charge is 0.547 e. The number of rotatable bonds is 9. The molecule has 1 aliphatic rings. The number of halogens is 1. The van der Waals surface area contributed by atoms with Gasteiger partial charge in [0.05, 0.1) is 23.9 Å². The van der Waals surface area contributed by atoms with Gasteiger partial charge in [0.25, 0.3) is 0 Å². The monoisotopic (exact) mass is 557 g/mol. The van der Waals surface area contributed by atoms with E-state index in [0.29, 0.717) is 38.5 Å². The third kappa shape index (κ3) is 4.71. The molecule has 3 atom stereocenters. The van der Waals surface area contributed by atoms with Crippen molar-refractivity contribution in [2.45, 2.75) is 44.3 Å². The van der Waals surface area contributed by atoms with Crippen molar-refractivity contribution in [3.63, 3.8) is 0 Å². The molecule has 4 aromatic rings. The molecule has 0 fully saturated rings. The Hall–Kier alpha value is -4.34. The average molecular weight is 558 g/mol. The molecule has 0 radical (unpaired) electrons. The molecule has 8 nitrogen and oxygen atoms in total. The van der Waals surface area contributed by atoms with Gasteiger partial charge in [0.2, 0.25) is 11.8 Å². The number of aliphatic hydroxyl groups excluding tert-OH is 2. The molecule has 0 saturated carbocycles. The number of hydrogen-bond acceptors (Lipinski definition) is 6. The van der Waals surface area contributed by atoms with E-state index in [4.69, 9.17) is 0 Å². The van der Waals surface area contributed by atoms with Gasteiger partial charge in [-0.2, -0.15) is 0 Å². The number of aliphatic hydroxyl groups is 2. The van der Waals surface area contributed by atoms with E-state index < -0.39 is 53.6 Å². The minimum atomic E-state index is -1.87. The fraction of sp³-hybridized carbons (Fsp3) is 0.281. The second-order valence-corrected chi connectivity index (χ2v) is 10.7. The normalized spacial score (nSPS) is 18.1. The Morgan fingerprint density at radius 3 is 2.27 bits per heavy atom. The zero-order chi connectivity index (χ0) is 29.5. The van der Waals surface area contributed by atoms with Crippen LogP contribution < -0.4 is 15.3 Å². The van der Waals surface area contributed by atoms with E-state index in [1.807, 2.05) is 24.3 Å². The predicted molar refractivity (Wildman–Crippen MR) is 152 cm³/mol. The van der Waals surface area contributed by atoms with Crippen LogP contribution in [-0.2, 0) is 19.8 Å². The van der Waals surface area contributed by atoms with Gasteiger partial charge in [-0.25, -0.2) is 4.39 Å². The summed E-state index contributed by atoms with van der Waals surface area (Å²) < 4.78 is 14.5. The molecule has 0 spiro atoms. The average Bonchev–Trinajstić information content (AvgIpc) is 3.21. The van der Waals surface area contributed by atoms with Gasteiger partial charge in [-0.15, -0.1) is 0 Å². The van der Waals surface area contributed by atoms with Gasteiger partial charge in [0, 0.05) is 29.6 Å². The molecule has 212 valence electrons. The summed E-state index contributed by atoms with van der Waals surface area (Å²) in [4.78, 5) is 41.3. The maximum atomic E-state index is 14.6. The molecule has 4 aromatic carbocycles. The van der Waals surface area contributed by atoms with Crippen LogP contribution in [0.4, 0.5) is 15.8 Å². The smallest absolute Gasteiger partial charge is 0.247 e. The molecule has 1 aliphatic heterocycles. The predicted octanol–water partition coefficient (Wildman–Crippen LogP) is 3.26. The molecule has 2 amide bonds. The van der Waals surface area contributed by atoms with E-state index in [-0.39, 0.29) is 13.0 Å². The Balaban J connectivity index is 1.74. The number of para-hydroxylation sites is 1. The molecule has 0 bridgehead atoms. The van der Waals surface area contributed by atoms with Crippen LogP contribution in [0.3, 0.4) is 0 Å². The van der Waals surface area contributed by atoms with Crippen LogP contribution in [0.5, 0.6) is 0 Å². The zero-order valence-electron chi connectivity index (χ0n) is 22.6. The van der Waals surface area contributed by atoms with Gasteiger partial charge < -0.3 is 30.3 Å². The molecular weight excluding hydrogens is 527 g/mol. The Morgan fingerprint density at radius 2 is 1.61 bits per heavy atom. The van der Waals surface area contributed by atoms with Gasteiger partial charge >= 0.3 is 0 Å². The van der Waals surface area contributed by atoms with Crippen LogP contribution in [0.25, 0.3) is 21.5 Å². The second kappa shape index (κ2) is 10.9. The summed E-state index contributed by atoms with van der Waals surface area (Å²) in [6.45, 7) is 3.51. The van der Waals surface area contributed by atoms with E-state index in [2.05, 4.69) is 5.32 Å². The summed E-state index contributed by atoms with van der Waals surface area (Å²) in [5.41, 5.74) is -0.231. The maximum Gasteiger partial charge on any atom is 0.247 e. The van der Waals surface area contributed by atoms with Crippen LogP contribution in [0, 0.1) is 11.7 Å². The first-order valence-corrected chi connectivity index (χ1v) is 13.5. The number of nitrogens with one attached hydrogen (secondary N) is 1. The highest BCUT2D eigenvalue weighted by Gasteiger charge is 2.59. The number of benzene rings is 4. The summed E-state index contributed by atoms with van der Waals surface area (Å²) in [5.74, 6) is -3.71. The van der Waals surface area contributed by atoms with Gasteiger partial charge in [-0.3, -0.25) is 9.59 Å². The highest BCUT2D eigenvalue weighted by molar-refractivity contribution is 6.32. The summed E-state index contributed by atoms with van der Waals surface area (Å²) in [7, 11) is 0. The molecule has 9 heteroatoms. The summed E-state index contributed by atoms with van der Waals surface area (Å²) in [6.07, 6.45) is -3.70. The van der Waals surface area contributed by atoms with Crippen molar-refractivity contribution in [2.24, 2.45) is 5.92 Å². The first kappa shape index (κ1) is 28.2. The number of carboxylic acid groups (broad SMARTS) is 1. The molecule has 41 heavy (non-hydrogen) atoms. The van der Waals surface area contributed by atoms with Crippen molar-refractivity contribution < 1.29 is 34.1 Å². The van der Waals surface area contributed by atoms with Gasteiger partial charge in [-0.1, -0.05) is 56.3 Å². The molecule has 0 aliphatic carbocycles. The Kier molecular flexibility index (Phi) is 7.50. The first-order chi connectivity index (χ1) is 19.6. The van der Waals surface area contributed by atoms with Crippen LogP contribution >= 0.6 is 0 Å². The van der Waals surface area contributed by atoms with Crippen LogP contribution in [-0.4, -0.2) is 46.7 Å². The lowest BCUT2D eigenvalue weighted by Crippen LogP contribution is -2.52. The Labute approximate surface area is 236 Å². The molecular formula is C32H30FN2O6-. The zero-order valence-corrected chi connectivity index (χ0v) is 22.6. The molecule has 0 saturated heterocycles. The van der Waals surface area contributed by atoms with Crippen molar-refractivity contribution in [1.82, 2.24) is 0 Å². The number of carbonyl (C=O) groups excluding carboxylic acids is 3. The van der Waals surface area contributed by atoms with E-state index >= 15 is 0 Å². The van der Waals surface area contributed by atoms with Crippen LogP contribution in [0.2, 0.25) is 0 Å². The van der Waals surface area contributed by atoms with Crippen LogP contribution in [0.1, 0.15) is 32.3 Å². The molecule has 1 heterocycles. The molecule has 3 N–H and O–H groups in total. The summed E-state index contributed by atoms with van der Waals surface area (Å²) in [5, 5.41) is 36.5. The fourth-order valence-corrected chi connectivity index (χ4v) is 5.97. The molecule has 5 rings (SSSR count). The van der Waals surface area contributed by atoms with Crippen molar-refractivity contribution in [3.8, 4) is 0 Å². The lowest BCUT2D eigenvalue weighted by molar-refractivity contribution is -0.315. The quantitative estimate of drug-likeness (QED) is 0.214. The van der Waals surface area contributed by atoms with E-state index in [1.165, 1.54) is 17.0 Å². The second-order valence-electron chi connectivity index (χ2n) is 10.7. The lowest BCUT2D eigenvalue weighted by atomic mass is 9.69. The molecule has 0 aromatic heterocycles. The Morgan fingerprint density at radius 1 is 0.951 bits per heavy atom. The number of aliphatic carboxylic acids is 1. The lowest BCUT2D eigenvalue weighted by Gasteiger charge is -2.32. The SMILES string of the molecule is CC(C)C1(C(=O)Nc2ccccc2)C(=O)N(CCC(O)CC(O)C(=O)[O-])c2c1c1ccccc1c1cc(F)ccc21. The standard InChI is InChI=1S/C32H31FN2O6/c1-18(2)32(30(40)34-20-8-4-3-5-9-20)27-23-11-7-6-10-22(23)25-16-19(33)12-13-24(25)28(27)35(31(32)41)15-14-21(36)17-26(37)29(38)39/h3-13,16,18,21,26,36-37H,14-15,17H2,1-2H3,(H,34,40)(H,38,39)/p-1. The number of amides is 2. The van der Waals surface area contributed by atoms with Crippen molar-refractivity contribution in [3.05, 3.63) is 84.2 Å². The number of carboxylic acids is 1. The number of anilines is 2. The van der Waals surface area contributed by atoms with E-state index in [1.54, 1.807) is 50.2 Å².